The summed E-state index contributed by atoms with van der Waals surface area (Å²) in [5, 5.41) is 3.40. The SMILES string of the molecule is CCN1CCCC(Nc2cnc(N)cn2)C1. The fraction of sp³-hybridized carbons (Fsp3) is 0.636. The van der Waals surface area contributed by atoms with Crippen molar-refractivity contribution < 1.29 is 0 Å². The van der Waals surface area contributed by atoms with Crippen LogP contribution in [0.5, 0.6) is 0 Å². The van der Waals surface area contributed by atoms with E-state index in [0.29, 0.717) is 11.9 Å². The molecule has 1 aliphatic heterocycles. The molecule has 1 atom stereocenters. The molecular formula is C11H19N5. The van der Waals surface area contributed by atoms with Gasteiger partial charge in [0.15, 0.2) is 0 Å². The van der Waals surface area contributed by atoms with Gasteiger partial charge in [-0.25, -0.2) is 9.97 Å². The molecular weight excluding hydrogens is 202 g/mol. The van der Waals surface area contributed by atoms with E-state index in [4.69, 9.17) is 5.73 Å². The molecule has 0 bridgehead atoms. The Balaban J connectivity index is 1.91. The third kappa shape index (κ3) is 2.82. The van der Waals surface area contributed by atoms with E-state index in [2.05, 4.69) is 27.1 Å². The number of hydrogen-bond donors (Lipinski definition) is 2. The predicted molar refractivity (Wildman–Crippen MR) is 65.2 cm³/mol. The number of piperidine rings is 1. The summed E-state index contributed by atoms with van der Waals surface area (Å²) >= 11 is 0. The first kappa shape index (κ1) is 11.1. The van der Waals surface area contributed by atoms with E-state index in [9.17, 15) is 0 Å². The summed E-state index contributed by atoms with van der Waals surface area (Å²) in [6, 6.07) is 0.478. The van der Waals surface area contributed by atoms with Gasteiger partial charge in [-0.15, -0.1) is 0 Å². The summed E-state index contributed by atoms with van der Waals surface area (Å²) in [6.45, 7) is 5.61. The number of nitrogens with two attached hydrogens (primary N) is 1. The van der Waals surface area contributed by atoms with Gasteiger partial charge in [0, 0.05) is 12.6 Å². The standard InChI is InChI=1S/C11H19N5/c1-2-16-5-3-4-9(8-16)15-11-7-13-10(12)6-14-11/h6-7,9H,2-5,8H2,1H3,(H2,12,13)(H,14,15). The summed E-state index contributed by atoms with van der Waals surface area (Å²) in [5.74, 6) is 1.28. The number of nitrogens with one attached hydrogen (secondary N) is 1. The maximum atomic E-state index is 5.49. The van der Waals surface area contributed by atoms with Crippen molar-refractivity contribution in [3.8, 4) is 0 Å². The van der Waals surface area contributed by atoms with Gasteiger partial charge in [0.1, 0.15) is 11.6 Å². The Morgan fingerprint density at radius 3 is 3.06 bits per heavy atom. The molecule has 1 fully saturated rings. The molecule has 1 aromatic heterocycles. The first-order valence-corrected chi connectivity index (χ1v) is 5.84. The zero-order valence-corrected chi connectivity index (χ0v) is 9.69. The lowest BCUT2D eigenvalue weighted by atomic mass is 10.1. The summed E-state index contributed by atoms with van der Waals surface area (Å²) in [4.78, 5) is 10.7. The molecule has 3 N–H and O–H groups in total. The fourth-order valence-corrected chi connectivity index (χ4v) is 2.08. The molecule has 0 amide bonds. The van der Waals surface area contributed by atoms with Crippen molar-refractivity contribution in [2.45, 2.75) is 25.8 Å². The van der Waals surface area contributed by atoms with E-state index < -0.39 is 0 Å². The molecule has 0 aromatic carbocycles. The van der Waals surface area contributed by atoms with Crippen LogP contribution in [-0.2, 0) is 0 Å². The second-order valence-electron chi connectivity index (χ2n) is 4.20. The van der Waals surface area contributed by atoms with Crippen molar-refractivity contribution in [2.24, 2.45) is 0 Å². The van der Waals surface area contributed by atoms with Crippen molar-refractivity contribution in [3.05, 3.63) is 12.4 Å². The molecule has 2 rings (SSSR count). The van der Waals surface area contributed by atoms with E-state index in [-0.39, 0.29) is 0 Å². The highest BCUT2D eigenvalue weighted by molar-refractivity contribution is 5.37. The van der Waals surface area contributed by atoms with Crippen molar-refractivity contribution >= 4 is 11.6 Å². The van der Waals surface area contributed by atoms with Crippen molar-refractivity contribution in [1.29, 1.82) is 0 Å². The first-order valence-electron chi connectivity index (χ1n) is 5.84. The molecule has 5 heteroatoms. The number of rotatable bonds is 3. The third-order valence-corrected chi connectivity index (χ3v) is 2.98. The van der Waals surface area contributed by atoms with Gasteiger partial charge in [-0.3, -0.25) is 0 Å². The third-order valence-electron chi connectivity index (χ3n) is 2.98. The summed E-state index contributed by atoms with van der Waals surface area (Å²) in [7, 11) is 0. The molecule has 1 aliphatic rings. The highest BCUT2D eigenvalue weighted by Gasteiger charge is 2.18. The van der Waals surface area contributed by atoms with Crippen LogP contribution in [0.2, 0.25) is 0 Å². The number of likely N-dealkylation sites (N-methyl/N-ethyl adjacent to an activating group) is 1. The molecule has 0 spiro atoms. The molecule has 0 aliphatic carbocycles. The van der Waals surface area contributed by atoms with E-state index in [1.165, 1.54) is 19.4 Å². The lowest BCUT2D eigenvalue weighted by Crippen LogP contribution is -2.41. The highest BCUT2D eigenvalue weighted by atomic mass is 15.2. The Morgan fingerprint density at radius 1 is 1.50 bits per heavy atom. The molecule has 2 heterocycles. The summed E-state index contributed by atoms with van der Waals surface area (Å²) in [6.07, 6.45) is 5.72. The average Bonchev–Trinajstić information content (AvgIpc) is 2.32. The Bertz CT molecular complexity index is 324. The van der Waals surface area contributed by atoms with E-state index >= 15 is 0 Å². The average molecular weight is 221 g/mol. The molecule has 0 saturated carbocycles. The molecule has 5 nitrogen and oxygen atoms in total. The van der Waals surface area contributed by atoms with Crippen LogP contribution in [0.1, 0.15) is 19.8 Å². The minimum atomic E-state index is 0.462. The number of hydrogen-bond acceptors (Lipinski definition) is 5. The van der Waals surface area contributed by atoms with E-state index in [1.54, 1.807) is 12.4 Å². The quantitative estimate of drug-likeness (QED) is 0.795. The molecule has 1 saturated heterocycles. The number of nitrogen functional groups attached to an aromatic ring is 1. The van der Waals surface area contributed by atoms with Crippen LogP contribution in [0.15, 0.2) is 12.4 Å². The van der Waals surface area contributed by atoms with Gasteiger partial charge in [-0.2, -0.15) is 0 Å². The second kappa shape index (κ2) is 5.12. The number of nitrogens with zero attached hydrogens (tertiary/aromatic N) is 3. The summed E-state index contributed by atoms with van der Waals surface area (Å²) < 4.78 is 0. The lowest BCUT2D eigenvalue weighted by molar-refractivity contribution is 0.226. The van der Waals surface area contributed by atoms with Crippen LogP contribution in [-0.4, -0.2) is 40.5 Å². The molecule has 16 heavy (non-hydrogen) atoms. The van der Waals surface area contributed by atoms with Crippen LogP contribution in [0.25, 0.3) is 0 Å². The molecule has 88 valence electrons. The van der Waals surface area contributed by atoms with E-state index in [1.807, 2.05) is 0 Å². The zero-order chi connectivity index (χ0) is 11.4. The van der Waals surface area contributed by atoms with E-state index in [0.717, 1.165) is 18.9 Å². The van der Waals surface area contributed by atoms with Gasteiger partial charge < -0.3 is 16.0 Å². The molecule has 1 aromatic rings. The first-order chi connectivity index (χ1) is 7.78. The van der Waals surface area contributed by atoms with Gasteiger partial charge in [0.25, 0.3) is 0 Å². The number of likely N-dealkylation sites (tertiary alicyclic amines) is 1. The van der Waals surface area contributed by atoms with Gasteiger partial charge in [0.05, 0.1) is 12.4 Å². The molecule has 1 unspecified atom stereocenters. The van der Waals surface area contributed by atoms with Crippen LogP contribution in [0.3, 0.4) is 0 Å². The predicted octanol–water partition coefficient (Wildman–Crippen LogP) is 0.955. The zero-order valence-electron chi connectivity index (χ0n) is 9.69. The van der Waals surface area contributed by atoms with Crippen LogP contribution < -0.4 is 11.1 Å². The smallest absolute Gasteiger partial charge is 0.144 e. The summed E-state index contributed by atoms with van der Waals surface area (Å²) in [5.41, 5.74) is 5.49. The Labute approximate surface area is 96.1 Å². The monoisotopic (exact) mass is 221 g/mol. The second-order valence-corrected chi connectivity index (χ2v) is 4.20. The highest BCUT2D eigenvalue weighted by Crippen LogP contribution is 2.14. The molecule has 0 radical (unpaired) electrons. The van der Waals surface area contributed by atoms with Crippen molar-refractivity contribution in [3.63, 3.8) is 0 Å². The maximum Gasteiger partial charge on any atom is 0.144 e. The maximum absolute atomic E-state index is 5.49. The fourth-order valence-electron chi connectivity index (χ4n) is 2.08. The normalized spacial score (nSPS) is 21.9. The van der Waals surface area contributed by atoms with Crippen LogP contribution in [0.4, 0.5) is 11.6 Å². The van der Waals surface area contributed by atoms with Gasteiger partial charge in [0.2, 0.25) is 0 Å². The topological polar surface area (TPSA) is 67.1 Å². The Kier molecular flexibility index (Phi) is 3.56. The minimum Gasteiger partial charge on any atom is -0.382 e. The number of aromatic nitrogens is 2. The van der Waals surface area contributed by atoms with Gasteiger partial charge >= 0.3 is 0 Å². The van der Waals surface area contributed by atoms with Crippen molar-refractivity contribution in [2.75, 3.05) is 30.7 Å². The van der Waals surface area contributed by atoms with Gasteiger partial charge in [-0.1, -0.05) is 6.92 Å². The van der Waals surface area contributed by atoms with Crippen LogP contribution >= 0.6 is 0 Å². The lowest BCUT2D eigenvalue weighted by Gasteiger charge is -2.32. The van der Waals surface area contributed by atoms with Crippen LogP contribution in [0, 0.1) is 0 Å². The number of anilines is 2. The van der Waals surface area contributed by atoms with Crippen molar-refractivity contribution in [1.82, 2.24) is 14.9 Å². The minimum absolute atomic E-state index is 0.462. The Hall–Kier alpha value is -1.36. The van der Waals surface area contributed by atoms with Gasteiger partial charge in [-0.05, 0) is 25.9 Å². The largest absolute Gasteiger partial charge is 0.382 e. The Morgan fingerprint density at radius 2 is 2.38 bits per heavy atom.